The number of carbonyl (C=O) groups is 1. The number of nitrogens with one attached hydrogen (secondary N) is 3. The van der Waals surface area contributed by atoms with Crippen molar-refractivity contribution >= 4 is 11.9 Å². The van der Waals surface area contributed by atoms with Crippen LogP contribution in [-0.4, -0.2) is 29.6 Å². The first kappa shape index (κ1) is 23.4. The molecule has 1 heterocycles. The Morgan fingerprint density at radius 1 is 1.17 bits per heavy atom. The van der Waals surface area contributed by atoms with Crippen molar-refractivity contribution in [3.8, 4) is 0 Å². The normalized spacial score (nSPS) is 12.5. The van der Waals surface area contributed by atoms with Gasteiger partial charge in [0.05, 0.1) is 12.2 Å². The van der Waals surface area contributed by atoms with Crippen molar-refractivity contribution in [1.82, 2.24) is 21.1 Å². The minimum atomic E-state index is -0.0492. The van der Waals surface area contributed by atoms with Crippen LogP contribution in [0.25, 0.3) is 0 Å². The van der Waals surface area contributed by atoms with Crippen molar-refractivity contribution in [1.29, 1.82) is 0 Å². The van der Waals surface area contributed by atoms with Gasteiger partial charge in [-0.2, -0.15) is 0 Å². The number of rotatable bonds is 10. The molecule has 2 rings (SSSR count). The predicted molar refractivity (Wildman–Crippen MR) is 121 cm³/mol. The number of aliphatic imine (C=N–C) groups is 1. The van der Waals surface area contributed by atoms with Crippen LogP contribution >= 0.6 is 0 Å². The summed E-state index contributed by atoms with van der Waals surface area (Å²) < 4.78 is 5.44. The van der Waals surface area contributed by atoms with Gasteiger partial charge in [-0.1, -0.05) is 38.1 Å². The molecule has 0 radical (unpaired) electrons. The molecule has 7 heteroatoms. The largest absolute Gasteiger partial charge is 0.361 e. The molecule has 0 spiro atoms. The molecule has 1 aromatic heterocycles. The second-order valence-corrected chi connectivity index (χ2v) is 7.27. The number of guanidine groups is 1. The molecule has 0 aliphatic rings. The van der Waals surface area contributed by atoms with E-state index in [9.17, 15) is 4.79 Å². The number of aryl methyl sites for hydroxylation is 2. The smallest absolute Gasteiger partial charge is 0.251 e. The molecule has 2 aromatic rings. The molecule has 0 saturated heterocycles. The van der Waals surface area contributed by atoms with Gasteiger partial charge < -0.3 is 20.5 Å². The van der Waals surface area contributed by atoms with Crippen LogP contribution in [0.15, 0.2) is 33.8 Å². The Hall–Kier alpha value is -2.83. The Balaban J connectivity index is 2.07. The fraction of sp³-hybridized carbons (Fsp3) is 0.522. The first-order valence-electron chi connectivity index (χ1n) is 10.9. The van der Waals surface area contributed by atoms with Crippen molar-refractivity contribution in [2.24, 2.45) is 4.99 Å². The summed E-state index contributed by atoms with van der Waals surface area (Å²) >= 11 is 0. The Bertz CT molecular complexity index is 822. The quantitative estimate of drug-likeness (QED) is 0.409. The van der Waals surface area contributed by atoms with Crippen molar-refractivity contribution < 1.29 is 9.32 Å². The summed E-state index contributed by atoms with van der Waals surface area (Å²) in [4.78, 5) is 17.1. The molecule has 3 N–H and O–H groups in total. The Labute approximate surface area is 179 Å². The molecule has 1 atom stereocenters. The molecule has 1 aromatic carbocycles. The van der Waals surface area contributed by atoms with Gasteiger partial charge >= 0.3 is 0 Å². The fourth-order valence-electron chi connectivity index (χ4n) is 3.04. The molecule has 1 amide bonds. The van der Waals surface area contributed by atoms with E-state index in [1.807, 2.05) is 38.1 Å². The van der Waals surface area contributed by atoms with Gasteiger partial charge in [-0.25, -0.2) is 4.99 Å². The molecule has 7 nitrogen and oxygen atoms in total. The summed E-state index contributed by atoms with van der Waals surface area (Å²) in [6.45, 7) is 12.1. The average molecular weight is 414 g/mol. The predicted octanol–water partition coefficient (Wildman–Crippen LogP) is 3.58. The number of hydrogen-bond donors (Lipinski definition) is 3. The van der Waals surface area contributed by atoms with Gasteiger partial charge in [0.15, 0.2) is 5.96 Å². The van der Waals surface area contributed by atoms with Crippen molar-refractivity contribution in [3.63, 3.8) is 0 Å². The minimum Gasteiger partial charge on any atom is -0.361 e. The summed E-state index contributed by atoms with van der Waals surface area (Å²) in [5.41, 5.74) is 3.73. The summed E-state index contributed by atoms with van der Waals surface area (Å²) in [6.07, 6.45) is 2.54. The number of hydrogen-bond acceptors (Lipinski definition) is 4. The van der Waals surface area contributed by atoms with E-state index in [1.54, 1.807) is 0 Å². The van der Waals surface area contributed by atoms with Gasteiger partial charge in [0.1, 0.15) is 5.76 Å². The number of nitrogens with zero attached hydrogens (tertiary/aromatic N) is 2. The second kappa shape index (κ2) is 12.0. The maximum atomic E-state index is 12.4. The Morgan fingerprint density at radius 2 is 1.97 bits per heavy atom. The summed E-state index contributed by atoms with van der Waals surface area (Å²) in [5, 5.41) is 13.8. The lowest BCUT2D eigenvalue weighted by atomic mass is 10.1. The van der Waals surface area contributed by atoms with Crippen LogP contribution in [0, 0.1) is 0 Å². The van der Waals surface area contributed by atoms with E-state index in [-0.39, 0.29) is 11.9 Å². The number of benzene rings is 1. The molecule has 0 saturated carbocycles. The molecular formula is C23H35N5O2. The van der Waals surface area contributed by atoms with Crippen LogP contribution in [0.2, 0.25) is 0 Å². The standard InChI is InChI=1S/C23H35N5O2/c1-6-16(5)27-22(29)18-12-10-11-17(13-18)14-25-23(24-9-4)26-15-19-20(7-2)28-30-21(19)8-3/h10-13,16H,6-9,14-15H2,1-5H3,(H,27,29)(H2,24,25,26). The lowest BCUT2D eigenvalue weighted by Crippen LogP contribution is -2.37. The van der Waals surface area contributed by atoms with Crippen LogP contribution in [-0.2, 0) is 25.9 Å². The highest BCUT2D eigenvalue weighted by atomic mass is 16.5. The molecule has 30 heavy (non-hydrogen) atoms. The van der Waals surface area contributed by atoms with Gasteiger partial charge in [0, 0.05) is 36.7 Å². The third-order valence-corrected chi connectivity index (χ3v) is 4.98. The summed E-state index contributed by atoms with van der Waals surface area (Å²) in [7, 11) is 0. The lowest BCUT2D eigenvalue weighted by Gasteiger charge is -2.13. The third kappa shape index (κ3) is 6.61. The highest BCUT2D eigenvalue weighted by Gasteiger charge is 2.14. The maximum absolute atomic E-state index is 12.4. The average Bonchev–Trinajstić information content (AvgIpc) is 3.17. The maximum Gasteiger partial charge on any atom is 0.251 e. The van der Waals surface area contributed by atoms with Gasteiger partial charge in [-0.15, -0.1) is 0 Å². The van der Waals surface area contributed by atoms with Crippen LogP contribution in [0.3, 0.4) is 0 Å². The van der Waals surface area contributed by atoms with Crippen LogP contribution < -0.4 is 16.0 Å². The molecule has 0 fully saturated rings. The summed E-state index contributed by atoms with van der Waals surface area (Å²) in [5.74, 6) is 1.58. The van der Waals surface area contributed by atoms with Crippen LogP contribution in [0.5, 0.6) is 0 Å². The molecule has 1 unspecified atom stereocenters. The molecule has 164 valence electrons. The summed E-state index contributed by atoms with van der Waals surface area (Å²) in [6, 6.07) is 7.77. The lowest BCUT2D eigenvalue weighted by molar-refractivity contribution is 0.0939. The zero-order valence-electron chi connectivity index (χ0n) is 18.8. The van der Waals surface area contributed by atoms with E-state index in [0.29, 0.717) is 18.7 Å². The van der Waals surface area contributed by atoms with E-state index in [2.05, 4.69) is 46.9 Å². The third-order valence-electron chi connectivity index (χ3n) is 4.98. The highest BCUT2D eigenvalue weighted by molar-refractivity contribution is 5.94. The van der Waals surface area contributed by atoms with E-state index in [4.69, 9.17) is 4.52 Å². The van der Waals surface area contributed by atoms with E-state index >= 15 is 0 Å². The zero-order chi connectivity index (χ0) is 21.9. The second-order valence-electron chi connectivity index (χ2n) is 7.27. The van der Waals surface area contributed by atoms with Crippen LogP contribution in [0.1, 0.15) is 74.0 Å². The first-order chi connectivity index (χ1) is 14.5. The van der Waals surface area contributed by atoms with E-state index in [1.165, 1.54) is 0 Å². The first-order valence-corrected chi connectivity index (χ1v) is 10.9. The molecular weight excluding hydrogens is 378 g/mol. The SMILES string of the molecule is CCNC(=NCc1cccc(C(=O)NC(C)CC)c1)NCc1c(CC)noc1CC. The molecule has 0 aliphatic carbocycles. The number of aromatic nitrogens is 1. The van der Waals surface area contributed by atoms with Crippen LogP contribution in [0.4, 0.5) is 0 Å². The topological polar surface area (TPSA) is 91.5 Å². The van der Waals surface area contributed by atoms with E-state index in [0.717, 1.165) is 54.3 Å². The van der Waals surface area contributed by atoms with Crippen molar-refractivity contribution in [2.45, 2.75) is 73.0 Å². The molecule has 0 aliphatic heterocycles. The Morgan fingerprint density at radius 3 is 2.63 bits per heavy atom. The minimum absolute atomic E-state index is 0.0492. The highest BCUT2D eigenvalue weighted by Crippen LogP contribution is 2.15. The van der Waals surface area contributed by atoms with Gasteiger partial charge in [0.2, 0.25) is 0 Å². The van der Waals surface area contributed by atoms with Crippen molar-refractivity contribution in [3.05, 3.63) is 52.4 Å². The molecule has 0 bridgehead atoms. The number of carbonyl (C=O) groups excluding carboxylic acids is 1. The Kier molecular flexibility index (Phi) is 9.38. The van der Waals surface area contributed by atoms with Gasteiger partial charge in [0.25, 0.3) is 5.91 Å². The number of amides is 1. The monoisotopic (exact) mass is 413 g/mol. The zero-order valence-corrected chi connectivity index (χ0v) is 18.8. The van der Waals surface area contributed by atoms with Gasteiger partial charge in [-0.05, 0) is 44.4 Å². The van der Waals surface area contributed by atoms with Gasteiger partial charge in [-0.3, -0.25) is 4.79 Å². The fourth-order valence-corrected chi connectivity index (χ4v) is 3.04. The van der Waals surface area contributed by atoms with Crippen molar-refractivity contribution in [2.75, 3.05) is 6.54 Å². The van der Waals surface area contributed by atoms with E-state index < -0.39 is 0 Å².